The van der Waals surface area contributed by atoms with E-state index in [1.807, 2.05) is 19.1 Å². The van der Waals surface area contributed by atoms with E-state index in [9.17, 15) is 4.79 Å². The van der Waals surface area contributed by atoms with E-state index in [0.29, 0.717) is 12.3 Å². The summed E-state index contributed by atoms with van der Waals surface area (Å²) in [5.74, 6) is 0.410. The van der Waals surface area contributed by atoms with Gasteiger partial charge in [0.25, 0.3) is 0 Å². The van der Waals surface area contributed by atoms with Crippen molar-refractivity contribution in [2.45, 2.75) is 60.8 Å². The second kappa shape index (κ2) is 7.08. The van der Waals surface area contributed by atoms with Crippen molar-refractivity contribution in [1.82, 2.24) is 0 Å². The zero-order chi connectivity index (χ0) is 14.4. The number of ketones is 1. The number of Topliss-reactive ketones (excluding diaryl/α,β-unsaturated/α-hetero) is 1. The molecule has 0 saturated carbocycles. The van der Waals surface area contributed by atoms with Gasteiger partial charge in [-0.15, -0.1) is 0 Å². The van der Waals surface area contributed by atoms with E-state index in [4.69, 9.17) is 5.73 Å². The Bertz CT molecular complexity index is 289. The molecule has 18 heavy (non-hydrogen) atoms. The number of carbonyl (C=O) groups is 1. The molecule has 0 amide bonds. The molecule has 0 saturated heterocycles. The Kier molecular flexibility index (Phi) is 6.83. The average molecular weight is 253 g/mol. The van der Waals surface area contributed by atoms with E-state index < -0.39 is 0 Å². The van der Waals surface area contributed by atoms with Crippen LogP contribution in [0.4, 0.5) is 0 Å². The largest absolute Gasteiger partial charge is 0.330 e. The molecule has 106 valence electrons. The Hall–Kier alpha value is -0.630. The maximum Gasteiger partial charge on any atom is 0.145 e. The van der Waals surface area contributed by atoms with Gasteiger partial charge in [0.15, 0.2) is 0 Å². The van der Waals surface area contributed by atoms with Crippen molar-refractivity contribution in [2.75, 3.05) is 6.54 Å². The number of hydrogen-bond donors (Lipinski definition) is 1. The quantitative estimate of drug-likeness (QED) is 0.666. The SMILES string of the molecule is CC=CC(CCC)C(=O)C(C)(C)CC(C)(C)CN. The van der Waals surface area contributed by atoms with E-state index >= 15 is 0 Å². The van der Waals surface area contributed by atoms with Crippen LogP contribution >= 0.6 is 0 Å². The predicted octanol–water partition coefficient (Wildman–Crippen LogP) is 3.95. The van der Waals surface area contributed by atoms with Gasteiger partial charge < -0.3 is 5.73 Å². The van der Waals surface area contributed by atoms with Crippen LogP contribution in [0.2, 0.25) is 0 Å². The van der Waals surface area contributed by atoms with Gasteiger partial charge in [-0.25, -0.2) is 0 Å². The molecule has 0 bridgehead atoms. The van der Waals surface area contributed by atoms with Gasteiger partial charge in [0.1, 0.15) is 5.78 Å². The van der Waals surface area contributed by atoms with Crippen LogP contribution in [0.15, 0.2) is 12.2 Å². The van der Waals surface area contributed by atoms with Crippen molar-refractivity contribution < 1.29 is 4.79 Å². The number of nitrogens with two attached hydrogens (primary N) is 1. The molecule has 0 heterocycles. The Morgan fingerprint density at radius 2 is 1.83 bits per heavy atom. The Morgan fingerprint density at radius 1 is 1.28 bits per heavy atom. The molecule has 2 heteroatoms. The van der Waals surface area contributed by atoms with Crippen LogP contribution in [0.1, 0.15) is 60.8 Å². The van der Waals surface area contributed by atoms with Gasteiger partial charge in [0.05, 0.1) is 0 Å². The highest BCUT2D eigenvalue weighted by atomic mass is 16.1. The first-order chi connectivity index (χ1) is 8.20. The molecule has 2 nitrogen and oxygen atoms in total. The number of allylic oxidation sites excluding steroid dienone is 2. The van der Waals surface area contributed by atoms with Gasteiger partial charge in [0, 0.05) is 11.3 Å². The standard InChI is InChI=1S/C16H31NO/c1-7-9-13(10-8-2)14(18)16(5,6)11-15(3,4)12-17/h7,9,13H,8,10-12,17H2,1-6H3. The van der Waals surface area contributed by atoms with E-state index in [0.717, 1.165) is 19.3 Å². The van der Waals surface area contributed by atoms with Crippen molar-refractivity contribution in [3.8, 4) is 0 Å². The van der Waals surface area contributed by atoms with E-state index in [-0.39, 0.29) is 16.7 Å². The van der Waals surface area contributed by atoms with Crippen molar-refractivity contribution >= 4 is 5.78 Å². The third kappa shape index (κ3) is 5.34. The molecular weight excluding hydrogens is 222 g/mol. The molecule has 0 radical (unpaired) electrons. The van der Waals surface area contributed by atoms with E-state index in [1.54, 1.807) is 0 Å². The summed E-state index contributed by atoms with van der Waals surface area (Å²) in [6.45, 7) is 13.1. The molecule has 1 unspecified atom stereocenters. The predicted molar refractivity (Wildman–Crippen MR) is 79.5 cm³/mol. The summed E-state index contributed by atoms with van der Waals surface area (Å²) in [5.41, 5.74) is 5.50. The monoisotopic (exact) mass is 253 g/mol. The summed E-state index contributed by atoms with van der Waals surface area (Å²) < 4.78 is 0. The van der Waals surface area contributed by atoms with Crippen LogP contribution in [0.25, 0.3) is 0 Å². The van der Waals surface area contributed by atoms with E-state index in [2.05, 4.69) is 34.6 Å². The maximum atomic E-state index is 12.6. The zero-order valence-corrected chi connectivity index (χ0v) is 13.0. The fraction of sp³-hybridized carbons (Fsp3) is 0.812. The van der Waals surface area contributed by atoms with Crippen molar-refractivity contribution in [2.24, 2.45) is 22.5 Å². The Labute approximate surface area is 113 Å². The minimum absolute atomic E-state index is 0.0197. The first-order valence-corrected chi connectivity index (χ1v) is 7.07. The first kappa shape index (κ1) is 17.4. The molecular formula is C16H31NO. The lowest BCUT2D eigenvalue weighted by Crippen LogP contribution is -2.37. The van der Waals surface area contributed by atoms with Gasteiger partial charge >= 0.3 is 0 Å². The fourth-order valence-corrected chi connectivity index (χ4v) is 2.72. The van der Waals surface area contributed by atoms with Crippen LogP contribution in [0.3, 0.4) is 0 Å². The third-order valence-electron chi connectivity index (χ3n) is 3.50. The molecule has 0 spiro atoms. The Morgan fingerprint density at radius 3 is 2.22 bits per heavy atom. The fourth-order valence-electron chi connectivity index (χ4n) is 2.72. The molecule has 0 aromatic heterocycles. The number of rotatable bonds is 8. The number of carbonyl (C=O) groups excluding carboxylic acids is 1. The summed E-state index contributed by atoms with van der Waals surface area (Å²) in [6, 6.07) is 0. The molecule has 0 aliphatic carbocycles. The molecule has 0 aromatic carbocycles. The van der Waals surface area contributed by atoms with Gasteiger partial charge in [0.2, 0.25) is 0 Å². The molecule has 1 atom stereocenters. The molecule has 0 rings (SSSR count). The van der Waals surface area contributed by atoms with E-state index in [1.165, 1.54) is 0 Å². The minimum Gasteiger partial charge on any atom is -0.330 e. The number of hydrogen-bond acceptors (Lipinski definition) is 2. The van der Waals surface area contributed by atoms with Crippen molar-refractivity contribution in [1.29, 1.82) is 0 Å². The van der Waals surface area contributed by atoms with Crippen LogP contribution in [0, 0.1) is 16.7 Å². The highest BCUT2D eigenvalue weighted by Crippen LogP contribution is 2.36. The summed E-state index contributed by atoms with van der Waals surface area (Å²) >= 11 is 0. The summed E-state index contributed by atoms with van der Waals surface area (Å²) in [7, 11) is 0. The van der Waals surface area contributed by atoms with Crippen LogP contribution in [-0.2, 0) is 4.79 Å². The Balaban J connectivity index is 4.91. The highest BCUT2D eigenvalue weighted by Gasteiger charge is 2.36. The maximum absolute atomic E-state index is 12.6. The lowest BCUT2D eigenvalue weighted by Gasteiger charge is -2.34. The van der Waals surface area contributed by atoms with Crippen LogP contribution in [-0.4, -0.2) is 12.3 Å². The van der Waals surface area contributed by atoms with Crippen molar-refractivity contribution in [3.05, 3.63) is 12.2 Å². The molecule has 0 aliphatic heterocycles. The minimum atomic E-state index is -0.303. The van der Waals surface area contributed by atoms with Gasteiger partial charge in [-0.1, -0.05) is 53.2 Å². The zero-order valence-electron chi connectivity index (χ0n) is 13.0. The van der Waals surface area contributed by atoms with Gasteiger partial charge in [-0.2, -0.15) is 0 Å². The second-order valence-corrected chi connectivity index (χ2v) is 6.71. The highest BCUT2D eigenvalue weighted by molar-refractivity contribution is 5.87. The molecule has 0 aliphatic rings. The summed E-state index contributed by atoms with van der Waals surface area (Å²) in [4.78, 5) is 12.6. The van der Waals surface area contributed by atoms with Gasteiger partial charge in [-0.3, -0.25) is 4.79 Å². The summed E-state index contributed by atoms with van der Waals surface area (Å²) in [5, 5.41) is 0. The molecule has 0 aromatic rings. The van der Waals surface area contributed by atoms with Crippen LogP contribution < -0.4 is 5.73 Å². The lowest BCUT2D eigenvalue weighted by atomic mass is 9.69. The summed E-state index contributed by atoms with van der Waals surface area (Å²) in [6.07, 6.45) is 6.85. The topological polar surface area (TPSA) is 43.1 Å². The third-order valence-corrected chi connectivity index (χ3v) is 3.50. The molecule has 0 fully saturated rings. The van der Waals surface area contributed by atoms with Gasteiger partial charge in [-0.05, 0) is 31.7 Å². The normalized spacial score (nSPS) is 15.1. The van der Waals surface area contributed by atoms with Crippen LogP contribution in [0.5, 0.6) is 0 Å². The lowest BCUT2D eigenvalue weighted by molar-refractivity contribution is -0.131. The first-order valence-electron chi connectivity index (χ1n) is 7.07. The molecule has 2 N–H and O–H groups in total. The average Bonchev–Trinajstić information content (AvgIpc) is 2.26. The van der Waals surface area contributed by atoms with Crippen molar-refractivity contribution in [3.63, 3.8) is 0 Å². The second-order valence-electron chi connectivity index (χ2n) is 6.71. The smallest absolute Gasteiger partial charge is 0.145 e.